The first kappa shape index (κ1) is 86.5. The number of hydrogen-bond donors (Lipinski definition) is 7. The topological polar surface area (TPSA) is 258 Å². The van der Waals surface area contributed by atoms with Gasteiger partial charge in [-0.25, -0.2) is 14.4 Å². The van der Waals surface area contributed by atoms with Gasteiger partial charge in [-0.05, 0) is 159 Å². The third-order valence-electron chi connectivity index (χ3n) is 15.8. The smallest absolute Gasteiger partial charge is 0.408 e. The van der Waals surface area contributed by atoms with E-state index in [1.54, 1.807) is 27.7 Å². The van der Waals surface area contributed by atoms with Gasteiger partial charge in [-0.3, -0.25) is 19.2 Å². The number of ether oxygens (including phenoxy) is 3. The number of carboxylic acids is 1. The van der Waals surface area contributed by atoms with E-state index in [2.05, 4.69) is 127 Å². The number of carbonyl (C=O) groups is 7. The van der Waals surface area contributed by atoms with Gasteiger partial charge in [0.05, 0.1) is 30.2 Å². The van der Waals surface area contributed by atoms with E-state index in [1.807, 2.05) is 137 Å². The Morgan fingerprint density at radius 3 is 0.978 bits per heavy atom. The lowest BCUT2D eigenvalue weighted by Crippen LogP contribution is -2.54. The summed E-state index contributed by atoms with van der Waals surface area (Å²) in [6.07, 6.45) is -0.284. The van der Waals surface area contributed by atoms with Crippen LogP contribution < -0.4 is 31.9 Å². The second-order valence-corrected chi connectivity index (χ2v) is 41.7. The Labute approximate surface area is 558 Å². The average molecular weight is 1330 g/mol. The van der Waals surface area contributed by atoms with Gasteiger partial charge in [-0.15, -0.1) is 0 Å². The maximum absolute atomic E-state index is 13.5. The van der Waals surface area contributed by atoms with E-state index in [4.69, 9.17) is 23.1 Å². The standard InChI is InChI=1S/C33H59N3O5Si.C21H43NO5Si.C17H26N2O3/c1-22(2)19-26(35-31(39)40-32(6,7)8)27(41-42(12,13)33(9,10)11)20-24(5)29(37)36-28(23(3)4)30(38)34-21-25-17-15-14-16-18-25;1-14(2)12-16(22-19(25)26-20(4,5)6)17(13-15(3)18(23)24)27-28(10,11)21(7,8)9;1-12(2)14(19-16(21)22-17(3,4)5)15(20)18-11-13-9-7-6-8-10-13/h14-18,22-24,26-28H,19-21H2,1-13H3,(H,34,38)(H,35,39)(H,36,37);14-17H,12-13H2,1-11H3,(H,22,25)(H,23,24);6-10,12,14H,11H2,1-5H3,(H,18,20)(H,19,21)/t24-,26+,27+,28+;15-,16+,17+;14-/m110/s1. The fraction of sp³-hybridized carbons (Fsp3) is 0.732. The van der Waals surface area contributed by atoms with Crippen LogP contribution in [0.1, 0.15) is 210 Å². The number of amides is 6. The summed E-state index contributed by atoms with van der Waals surface area (Å²) < 4.78 is 29.8. The Kier molecular flexibility index (Phi) is 35.9. The first-order valence-corrected chi connectivity index (χ1v) is 39.0. The number of rotatable bonds is 28. The summed E-state index contributed by atoms with van der Waals surface area (Å²) in [6.45, 7) is 58.2. The quantitative estimate of drug-likeness (QED) is 0.0309. The fourth-order valence-electron chi connectivity index (χ4n) is 8.74. The van der Waals surface area contributed by atoms with E-state index in [-0.39, 0.29) is 63.7 Å². The van der Waals surface area contributed by atoms with Gasteiger partial charge in [0.25, 0.3) is 0 Å². The average Bonchev–Trinajstić information content (AvgIpc) is 0.838. The number of carbonyl (C=O) groups excluding carboxylic acids is 6. The van der Waals surface area contributed by atoms with E-state index < -0.39 is 87.7 Å². The minimum Gasteiger partial charge on any atom is -0.481 e. The Balaban J connectivity index is 0.00000143. The number of alkyl carbamates (subject to hydrolysis) is 3. The molecule has 0 saturated heterocycles. The molecule has 528 valence electrons. The van der Waals surface area contributed by atoms with E-state index in [0.29, 0.717) is 44.7 Å². The molecular formula is C71H128N6O13Si2. The molecule has 0 spiro atoms. The van der Waals surface area contributed by atoms with Crippen molar-refractivity contribution in [2.75, 3.05) is 0 Å². The van der Waals surface area contributed by atoms with Crippen LogP contribution in [0.25, 0.3) is 0 Å². The van der Waals surface area contributed by atoms with Crippen LogP contribution >= 0.6 is 0 Å². The zero-order valence-electron chi connectivity index (χ0n) is 62.3. The van der Waals surface area contributed by atoms with Crippen molar-refractivity contribution < 1.29 is 61.7 Å². The van der Waals surface area contributed by atoms with Gasteiger partial charge in [0.15, 0.2) is 16.6 Å². The van der Waals surface area contributed by atoms with E-state index in [1.165, 1.54) is 0 Å². The van der Waals surface area contributed by atoms with Crippen LogP contribution in [0.4, 0.5) is 14.4 Å². The van der Waals surface area contributed by atoms with Crippen molar-refractivity contribution in [2.24, 2.45) is 35.5 Å². The first-order valence-electron chi connectivity index (χ1n) is 33.2. The predicted octanol–water partition coefficient (Wildman–Crippen LogP) is 15.1. The maximum atomic E-state index is 13.5. The van der Waals surface area contributed by atoms with E-state index in [9.17, 15) is 38.7 Å². The molecule has 0 fully saturated rings. The third kappa shape index (κ3) is 36.2. The SMILES string of the molecule is CC(C)C[C@H](NC(=O)OC(C)(C)C)[C@H](C[C@@H](C)C(=O)N[C@H](C(=O)NCc1ccccc1)C(C)C)O[Si](C)(C)C(C)(C)C.CC(C)C[C@H](NC(=O)OC(C)(C)C)[C@H](C[C@@H](C)C(=O)O)O[Si](C)(C)C(C)(C)C.CC(C)[C@H](NC(=O)OC(C)(C)C)C(=O)NCc1ccccc1. The number of hydrogen-bond acceptors (Lipinski definition) is 12. The molecule has 19 nitrogen and oxygen atoms in total. The Morgan fingerprint density at radius 2 is 0.707 bits per heavy atom. The molecule has 21 heteroatoms. The van der Waals surface area contributed by atoms with Crippen molar-refractivity contribution in [2.45, 2.75) is 301 Å². The highest BCUT2D eigenvalue weighted by Crippen LogP contribution is 2.40. The molecule has 8 atom stereocenters. The van der Waals surface area contributed by atoms with Gasteiger partial charge in [-0.1, -0.05) is 171 Å². The zero-order chi connectivity index (χ0) is 71.7. The zero-order valence-corrected chi connectivity index (χ0v) is 64.3. The summed E-state index contributed by atoms with van der Waals surface area (Å²) in [5.41, 5.74) is 0.174. The van der Waals surface area contributed by atoms with E-state index >= 15 is 0 Å². The molecule has 2 aromatic rings. The van der Waals surface area contributed by atoms with Crippen molar-refractivity contribution in [3.05, 3.63) is 71.8 Å². The lowest BCUT2D eigenvalue weighted by Gasteiger charge is -2.42. The molecular weight excluding hydrogens is 1200 g/mol. The number of nitrogens with one attached hydrogen (secondary N) is 6. The predicted molar refractivity (Wildman–Crippen MR) is 376 cm³/mol. The van der Waals surface area contributed by atoms with Crippen molar-refractivity contribution in [1.29, 1.82) is 0 Å². The summed E-state index contributed by atoms with van der Waals surface area (Å²) in [7, 11) is -4.45. The van der Waals surface area contributed by atoms with Crippen LogP contribution in [0.3, 0.4) is 0 Å². The Hall–Kier alpha value is -5.52. The van der Waals surface area contributed by atoms with Gasteiger partial charge < -0.3 is 60.1 Å². The largest absolute Gasteiger partial charge is 0.481 e. The maximum Gasteiger partial charge on any atom is 0.408 e. The highest BCUT2D eigenvalue weighted by atomic mass is 28.4. The normalized spacial score (nSPS) is 15.1. The molecule has 7 N–H and O–H groups in total. The molecule has 0 unspecified atom stereocenters. The van der Waals surface area contributed by atoms with Crippen molar-refractivity contribution in [1.82, 2.24) is 31.9 Å². The van der Waals surface area contributed by atoms with Gasteiger partial charge in [-0.2, -0.15) is 0 Å². The molecule has 2 aromatic carbocycles. The van der Waals surface area contributed by atoms with Crippen molar-refractivity contribution in [3.63, 3.8) is 0 Å². The minimum absolute atomic E-state index is 0.0218. The monoisotopic (exact) mass is 1330 g/mol. The highest BCUT2D eigenvalue weighted by molar-refractivity contribution is 6.74. The number of carboxylic acid groups (broad SMARTS) is 1. The highest BCUT2D eigenvalue weighted by Gasteiger charge is 2.44. The van der Waals surface area contributed by atoms with Gasteiger partial charge in [0.2, 0.25) is 17.7 Å². The van der Waals surface area contributed by atoms with Gasteiger partial charge >= 0.3 is 24.2 Å². The third-order valence-corrected chi connectivity index (χ3v) is 24.8. The van der Waals surface area contributed by atoms with Crippen LogP contribution in [0, 0.1) is 35.5 Å². The first-order chi connectivity index (χ1) is 41.7. The lowest BCUT2D eigenvalue weighted by molar-refractivity contribution is -0.142. The van der Waals surface area contributed by atoms with Crippen LogP contribution in [0.5, 0.6) is 0 Å². The summed E-state index contributed by atoms with van der Waals surface area (Å²) in [5.74, 6) is -2.08. The van der Waals surface area contributed by atoms with Crippen LogP contribution in [-0.2, 0) is 55.3 Å². The molecule has 6 amide bonds. The van der Waals surface area contributed by atoms with Crippen LogP contribution in [0.2, 0.25) is 36.3 Å². The summed E-state index contributed by atoms with van der Waals surface area (Å²) in [6, 6.07) is 17.4. The molecule has 0 heterocycles. The van der Waals surface area contributed by atoms with Gasteiger partial charge in [0.1, 0.15) is 28.9 Å². The Morgan fingerprint density at radius 1 is 0.413 bits per heavy atom. The molecule has 0 aliphatic heterocycles. The molecule has 92 heavy (non-hydrogen) atoms. The van der Waals surface area contributed by atoms with Crippen LogP contribution in [0.15, 0.2) is 60.7 Å². The molecule has 0 saturated carbocycles. The fourth-order valence-corrected chi connectivity index (χ4v) is 11.5. The second kappa shape index (κ2) is 38.1. The van der Waals surface area contributed by atoms with Crippen molar-refractivity contribution >= 4 is 58.6 Å². The molecule has 0 bridgehead atoms. The minimum atomic E-state index is -2.28. The molecule has 0 radical (unpaired) electrons. The second-order valence-electron chi connectivity index (χ2n) is 32.2. The van der Waals surface area contributed by atoms with E-state index in [0.717, 1.165) is 11.1 Å². The van der Waals surface area contributed by atoms with Crippen LogP contribution in [-0.4, -0.2) is 117 Å². The molecule has 2 rings (SSSR count). The summed E-state index contributed by atoms with van der Waals surface area (Å²) in [5, 5.41) is 26.8. The molecule has 0 aliphatic rings. The molecule has 0 aromatic heterocycles. The number of benzene rings is 2. The lowest BCUT2D eigenvalue weighted by atomic mass is 9.92. The molecule has 0 aliphatic carbocycles. The summed E-state index contributed by atoms with van der Waals surface area (Å²) in [4.78, 5) is 87.6. The summed E-state index contributed by atoms with van der Waals surface area (Å²) >= 11 is 0. The Bertz CT molecular complexity index is 2550. The van der Waals surface area contributed by atoms with Crippen molar-refractivity contribution in [3.8, 4) is 0 Å². The number of aliphatic carboxylic acids is 1. The van der Waals surface area contributed by atoms with Gasteiger partial charge in [0, 0.05) is 19.0 Å².